The van der Waals surface area contributed by atoms with Gasteiger partial charge in [0.1, 0.15) is 5.82 Å². The van der Waals surface area contributed by atoms with Crippen molar-refractivity contribution in [3.05, 3.63) is 60.0 Å². The molecule has 1 aromatic heterocycles. The van der Waals surface area contributed by atoms with Gasteiger partial charge in [0, 0.05) is 5.39 Å². The predicted octanol–water partition coefficient (Wildman–Crippen LogP) is 3.95. The van der Waals surface area contributed by atoms with Gasteiger partial charge in [-0.2, -0.15) is 18.3 Å². The number of halogens is 4. The number of epoxide rings is 1. The highest BCUT2D eigenvalue weighted by molar-refractivity contribution is 5.81. The summed E-state index contributed by atoms with van der Waals surface area (Å²) in [6, 6.07) is 10.1. The molecule has 23 heavy (non-hydrogen) atoms. The molecule has 1 aliphatic rings. The van der Waals surface area contributed by atoms with Crippen molar-refractivity contribution in [3.63, 3.8) is 0 Å². The van der Waals surface area contributed by atoms with Crippen LogP contribution in [0.15, 0.2) is 48.7 Å². The van der Waals surface area contributed by atoms with Crippen molar-refractivity contribution in [2.24, 2.45) is 0 Å². The van der Waals surface area contributed by atoms with Gasteiger partial charge in [-0.25, -0.2) is 9.07 Å². The molecule has 1 unspecified atom stereocenters. The van der Waals surface area contributed by atoms with Gasteiger partial charge in [-0.1, -0.05) is 6.07 Å². The summed E-state index contributed by atoms with van der Waals surface area (Å²) in [5.74, 6) is -0.370. The van der Waals surface area contributed by atoms with E-state index in [0.717, 1.165) is 0 Å². The van der Waals surface area contributed by atoms with Crippen LogP contribution in [-0.4, -0.2) is 22.6 Å². The van der Waals surface area contributed by atoms with E-state index in [2.05, 4.69) is 5.10 Å². The average Bonchev–Trinajstić information content (AvgIpc) is 3.23. The Kier molecular flexibility index (Phi) is 2.81. The zero-order valence-electron chi connectivity index (χ0n) is 11.6. The minimum Gasteiger partial charge on any atom is -0.355 e. The molecule has 2 aromatic carbocycles. The zero-order chi connectivity index (χ0) is 16.2. The van der Waals surface area contributed by atoms with Crippen molar-refractivity contribution in [2.75, 3.05) is 6.61 Å². The monoisotopic (exact) mass is 322 g/mol. The van der Waals surface area contributed by atoms with E-state index < -0.39 is 11.8 Å². The lowest BCUT2D eigenvalue weighted by Gasteiger charge is -2.16. The van der Waals surface area contributed by atoms with Crippen LogP contribution in [0.4, 0.5) is 17.6 Å². The molecule has 0 amide bonds. The Balaban J connectivity index is 1.80. The van der Waals surface area contributed by atoms with Crippen LogP contribution in [0.5, 0.6) is 0 Å². The van der Waals surface area contributed by atoms with Gasteiger partial charge in [0.25, 0.3) is 0 Å². The van der Waals surface area contributed by atoms with Crippen LogP contribution in [0.1, 0.15) is 5.56 Å². The maximum Gasteiger partial charge on any atom is 0.424 e. The highest BCUT2D eigenvalue weighted by Crippen LogP contribution is 2.52. The zero-order valence-corrected chi connectivity index (χ0v) is 11.6. The second-order valence-electron chi connectivity index (χ2n) is 5.42. The molecule has 0 radical (unpaired) electrons. The van der Waals surface area contributed by atoms with E-state index in [4.69, 9.17) is 4.74 Å². The Bertz CT molecular complexity index is 879. The molecule has 0 aliphatic carbocycles. The summed E-state index contributed by atoms with van der Waals surface area (Å²) in [5, 5.41) is 4.73. The number of aromatic nitrogens is 2. The van der Waals surface area contributed by atoms with E-state index in [1.165, 1.54) is 30.5 Å². The molecule has 7 heteroatoms. The summed E-state index contributed by atoms with van der Waals surface area (Å²) in [7, 11) is 0. The number of hydrogen-bond acceptors (Lipinski definition) is 2. The number of rotatable bonds is 2. The second-order valence-corrected chi connectivity index (χ2v) is 5.42. The van der Waals surface area contributed by atoms with Crippen LogP contribution < -0.4 is 0 Å². The molecule has 0 spiro atoms. The van der Waals surface area contributed by atoms with E-state index in [0.29, 0.717) is 16.6 Å². The Morgan fingerprint density at radius 3 is 2.39 bits per heavy atom. The summed E-state index contributed by atoms with van der Waals surface area (Å²) in [6.07, 6.45) is -2.97. The van der Waals surface area contributed by atoms with Gasteiger partial charge < -0.3 is 4.74 Å². The van der Waals surface area contributed by atoms with E-state index in [9.17, 15) is 17.6 Å². The minimum absolute atomic E-state index is 0.0659. The molecule has 1 saturated heterocycles. The van der Waals surface area contributed by atoms with Gasteiger partial charge in [0.15, 0.2) is 0 Å². The van der Waals surface area contributed by atoms with Gasteiger partial charge in [-0.05, 0) is 42.0 Å². The normalized spacial score (nSPS) is 20.9. The molecule has 0 bridgehead atoms. The van der Waals surface area contributed by atoms with Crippen LogP contribution in [0.3, 0.4) is 0 Å². The Morgan fingerprint density at radius 1 is 1.09 bits per heavy atom. The first kappa shape index (κ1) is 14.2. The molecule has 118 valence electrons. The Hall–Kier alpha value is -2.41. The lowest BCUT2D eigenvalue weighted by atomic mass is 9.98. The summed E-state index contributed by atoms with van der Waals surface area (Å²) in [6.45, 7) is -0.367. The van der Waals surface area contributed by atoms with E-state index in [1.807, 2.05) is 0 Å². The largest absolute Gasteiger partial charge is 0.424 e. The third-order valence-electron chi connectivity index (χ3n) is 4.00. The quantitative estimate of drug-likeness (QED) is 0.528. The molecule has 0 saturated carbocycles. The summed E-state index contributed by atoms with van der Waals surface area (Å²) in [5.41, 5.74) is -0.865. The fraction of sp³-hybridized carbons (Fsp3) is 0.188. The summed E-state index contributed by atoms with van der Waals surface area (Å²) in [4.78, 5) is 0. The number of hydrogen-bond donors (Lipinski definition) is 0. The molecule has 1 atom stereocenters. The van der Waals surface area contributed by atoms with Crippen molar-refractivity contribution < 1.29 is 22.3 Å². The highest BCUT2D eigenvalue weighted by atomic mass is 19.4. The third-order valence-corrected chi connectivity index (χ3v) is 4.00. The van der Waals surface area contributed by atoms with E-state index in [1.54, 1.807) is 22.9 Å². The van der Waals surface area contributed by atoms with Gasteiger partial charge in [0.2, 0.25) is 5.60 Å². The molecule has 1 fully saturated rings. The van der Waals surface area contributed by atoms with Gasteiger partial charge in [-0.15, -0.1) is 0 Å². The predicted molar refractivity (Wildman–Crippen MR) is 74.7 cm³/mol. The van der Waals surface area contributed by atoms with Crippen LogP contribution in [0, 0.1) is 5.82 Å². The smallest absolute Gasteiger partial charge is 0.355 e. The maximum absolute atomic E-state index is 13.1. The third kappa shape index (κ3) is 2.11. The Morgan fingerprint density at radius 2 is 1.78 bits per heavy atom. The van der Waals surface area contributed by atoms with Gasteiger partial charge in [0.05, 0.1) is 24.0 Å². The number of fused-ring (bicyclic) bond motifs is 1. The fourth-order valence-electron chi connectivity index (χ4n) is 2.64. The molecule has 1 aliphatic heterocycles. The lowest BCUT2D eigenvalue weighted by Crippen LogP contribution is -2.30. The van der Waals surface area contributed by atoms with E-state index in [-0.39, 0.29) is 18.0 Å². The average molecular weight is 322 g/mol. The van der Waals surface area contributed by atoms with Crippen molar-refractivity contribution in [1.82, 2.24) is 9.78 Å². The standard InChI is InChI=1S/C16H10F4N2O/c17-12-2-4-13(5-3-12)22-14-6-1-11(7-10(14)8-21-22)15(9-23-15)16(18,19)20/h1-8H,9H2. The van der Waals surface area contributed by atoms with Crippen LogP contribution in [-0.2, 0) is 10.3 Å². The fourth-order valence-corrected chi connectivity index (χ4v) is 2.64. The van der Waals surface area contributed by atoms with Crippen molar-refractivity contribution in [1.29, 1.82) is 0 Å². The highest BCUT2D eigenvalue weighted by Gasteiger charge is 2.67. The van der Waals surface area contributed by atoms with Crippen molar-refractivity contribution in [2.45, 2.75) is 11.8 Å². The number of nitrogens with zero attached hydrogens (tertiary/aromatic N) is 2. The first-order valence-electron chi connectivity index (χ1n) is 6.86. The van der Waals surface area contributed by atoms with Crippen molar-refractivity contribution in [3.8, 4) is 5.69 Å². The maximum atomic E-state index is 13.1. The molecular weight excluding hydrogens is 312 g/mol. The summed E-state index contributed by atoms with van der Waals surface area (Å²) >= 11 is 0. The molecule has 3 nitrogen and oxygen atoms in total. The van der Waals surface area contributed by atoms with Crippen LogP contribution in [0.25, 0.3) is 16.6 Å². The molecule has 0 N–H and O–H groups in total. The van der Waals surface area contributed by atoms with Gasteiger partial charge >= 0.3 is 6.18 Å². The molecule has 4 rings (SSSR count). The van der Waals surface area contributed by atoms with Crippen LogP contribution >= 0.6 is 0 Å². The molecular formula is C16H10F4N2O. The summed E-state index contributed by atoms with van der Waals surface area (Å²) < 4.78 is 58.6. The Labute approximate surface area is 128 Å². The lowest BCUT2D eigenvalue weighted by molar-refractivity contribution is -0.187. The SMILES string of the molecule is Fc1ccc(-n2ncc3cc(C4(C(F)(F)F)CO4)ccc32)cc1. The number of ether oxygens (including phenoxy) is 1. The van der Waals surface area contributed by atoms with Gasteiger partial charge in [-0.3, -0.25) is 0 Å². The first-order valence-corrected chi connectivity index (χ1v) is 6.86. The van der Waals surface area contributed by atoms with Crippen LogP contribution in [0.2, 0.25) is 0 Å². The molecule has 2 heterocycles. The minimum atomic E-state index is -4.45. The first-order chi connectivity index (χ1) is 10.9. The number of benzene rings is 2. The second kappa shape index (κ2) is 4.55. The molecule has 3 aromatic rings. The van der Waals surface area contributed by atoms with Crippen molar-refractivity contribution >= 4 is 10.9 Å². The van der Waals surface area contributed by atoms with E-state index >= 15 is 0 Å². The topological polar surface area (TPSA) is 30.4 Å². The number of alkyl halides is 3.